The number of alkyl halides is 6. The molecule has 36 heavy (non-hydrogen) atoms. The number of aliphatic carboxylic acids is 1. The maximum Gasteiger partial charge on any atom is 0.490 e. The Morgan fingerprint density at radius 1 is 0.806 bits per heavy atom. The highest BCUT2D eigenvalue weighted by atomic mass is 19.4. The van der Waals surface area contributed by atoms with E-state index < -0.39 is 29.9 Å². The quantitative estimate of drug-likeness (QED) is 0.387. The number of hydrogen-bond donors (Lipinski definition) is 2. The molecular weight excluding hydrogens is 490 g/mol. The van der Waals surface area contributed by atoms with Gasteiger partial charge in [0.25, 0.3) is 0 Å². The number of carbonyl (C=O) groups excluding carboxylic acids is 1. The molecule has 2 N–H and O–H groups in total. The third kappa shape index (κ3) is 8.12. The maximum atomic E-state index is 13.2. The fraction of sp³-hybridized carbons (Fsp3) is 0.200. The van der Waals surface area contributed by atoms with Crippen molar-refractivity contribution in [1.29, 1.82) is 0 Å². The Morgan fingerprint density at radius 2 is 1.22 bits per heavy atom. The summed E-state index contributed by atoms with van der Waals surface area (Å²) in [6, 6.07) is 23.0. The number of amides is 1. The van der Waals surface area contributed by atoms with Crippen LogP contribution in [0.4, 0.5) is 37.7 Å². The smallest absolute Gasteiger partial charge is 0.475 e. The fourth-order valence-electron chi connectivity index (χ4n) is 3.05. The molecule has 1 unspecified atom stereocenters. The molecule has 3 aromatic rings. The molecule has 0 heterocycles. The number of nitrogens with zero attached hydrogens (tertiary/aromatic N) is 1. The third-order valence-electron chi connectivity index (χ3n) is 4.78. The van der Waals surface area contributed by atoms with Crippen LogP contribution in [-0.2, 0) is 22.3 Å². The van der Waals surface area contributed by atoms with Gasteiger partial charge in [-0.2, -0.15) is 26.3 Å². The van der Waals surface area contributed by atoms with E-state index in [-0.39, 0.29) is 18.0 Å². The van der Waals surface area contributed by atoms with Crippen molar-refractivity contribution in [2.75, 3.05) is 4.90 Å². The summed E-state index contributed by atoms with van der Waals surface area (Å²) in [6.07, 6.45) is -9.52. The van der Waals surface area contributed by atoms with E-state index in [4.69, 9.17) is 9.90 Å². The van der Waals surface area contributed by atoms with Crippen LogP contribution in [0.1, 0.15) is 18.1 Å². The molecule has 1 atom stereocenters. The van der Waals surface area contributed by atoms with E-state index in [1.165, 1.54) is 12.1 Å². The summed E-state index contributed by atoms with van der Waals surface area (Å²) in [7, 11) is 0. The van der Waals surface area contributed by atoms with E-state index in [9.17, 15) is 31.1 Å². The average molecular weight is 512 g/mol. The Balaban J connectivity index is 0.000000572. The van der Waals surface area contributed by atoms with Gasteiger partial charge in [-0.15, -0.1) is 0 Å². The van der Waals surface area contributed by atoms with Gasteiger partial charge in [-0.1, -0.05) is 54.6 Å². The Kier molecular flexibility index (Phi) is 9.62. The van der Waals surface area contributed by atoms with Crippen LogP contribution in [0.5, 0.6) is 0 Å². The van der Waals surface area contributed by atoms with Crippen molar-refractivity contribution in [2.45, 2.75) is 31.9 Å². The van der Waals surface area contributed by atoms with E-state index in [2.05, 4.69) is 5.32 Å². The number of carboxylic acids is 1. The Morgan fingerprint density at radius 3 is 1.64 bits per heavy atom. The first kappa shape index (κ1) is 28.4. The van der Waals surface area contributed by atoms with Crippen LogP contribution < -0.4 is 10.2 Å². The maximum absolute atomic E-state index is 13.2. The standard InChI is InChI=1S/C23H21F3N2O.C2HF3O2/c1-17(27-16-18-10-8-9-15-21(18)23(24,25)26)22(29)28(19-11-4-2-5-12-19)20-13-6-3-7-14-20;3-2(4,5)1(6)7/h2-15,17,27H,16H2,1H3;(H,6,7). The SMILES string of the molecule is CC(NCc1ccccc1C(F)(F)F)C(=O)N(c1ccccc1)c1ccccc1.O=C(O)C(F)(F)F. The number of nitrogens with one attached hydrogen (secondary N) is 1. The number of para-hydroxylation sites is 2. The average Bonchev–Trinajstić information content (AvgIpc) is 2.83. The molecule has 0 aromatic heterocycles. The zero-order valence-corrected chi connectivity index (χ0v) is 18.8. The van der Waals surface area contributed by atoms with Crippen LogP contribution in [0.2, 0.25) is 0 Å². The van der Waals surface area contributed by atoms with Gasteiger partial charge < -0.3 is 10.4 Å². The number of benzene rings is 3. The number of carbonyl (C=O) groups is 2. The lowest BCUT2D eigenvalue weighted by Crippen LogP contribution is -2.42. The van der Waals surface area contributed by atoms with Crippen LogP contribution in [0.25, 0.3) is 0 Å². The van der Waals surface area contributed by atoms with E-state index in [1.807, 2.05) is 60.7 Å². The number of carboxylic acid groups (broad SMARTS) is 1. The molecule has 0 aliphatic heterocycles. The highest BCUT2D eigenvalue weighted by Crippen LogP contribution is 2.32. The molecule has 0 radical (unpaired) electrons. The highest BCUT2D eigenvalue weighted by Gasteiger charge is 2.38. The summed E-state index contributed by atoms with van der Waals surface area (Å²) < 4.78 is 71.3. The highest BCUT2D eigenvalue weighted by molar-refractivity contribution is 6.03. The molecule has 0 spiro atoms. The van der Waals surface area contributed by atoms with Crippen molar-refractivity contribution in [3.05, 3.63) is 96.1 Å². The van der Waals surface area contributed by atoms with E-state index in [0.717, 1.165) is 6.07 Å². The molecule has 0 aliphatic carbocycles. The minimum Gasteiger partial charge on any atom is -0.475 e. The summed E-state index contributed by atoms with van der Waals surface area (Å²) in [4.78, 5) is 23.6. The topological polar surface area (TPSA) is 69.6 Å². The largest absolute Gasteiger partial charge is 0.490 e. The molecule has 0 fully saturated rings. The lowest BCUT2D eigenvalue weighted by molar-refractivity contribution is -0.192. The second kappa shape index (κ2) is 12.2. The molecule has 0 aliphatic rings. The van der Waals surface area contributed by atoms with Crippen LogP contribution in [-0.4, -0.2) is 29.2 Å². The van der Waals surface area contributed by atoms with Gasteiger partial charge in [-0.05, 0) is 42.8 Å². The van der Waals surface area contributed by atoms with Gasteiger partial charge in [0.15, 0.2) is 0 Å². The first-order chi connectivity index (χ1) is 16.8. The lowest BCUT2D eigenvalue weighted by Gasteiger charge is -2.27. The Labute approximate surface area is 203 Å². The predicted octanol–water partition coefficient (Wildman–Crippen LogP) is 6.18. The molecule has 1 amide bonds. The molecule has 0 saturated heterocycles. The zero-order valence-electron chi connectivity index (χ0n) is 18.8. The van der Waals surface area contributed by atoms with Crippen LogP contribution >= 0.6 is 0 Å². The van der Waals surface area contributed by atoms with Crippen LogP contribution in [0, 0.1) is 0 Å². The third-order valence-corrected chi connectivity index (χ3v) is 4.78. The van der Waals surface area contributed by atoms with Crippen molar-refractivity contribution in [1.82, 2.24) is 5.32 Å². The van der Waals surface area contributed by atoms with Gasteiger partial charge in [0, 0.05) is 17.9 Å². The van der Waals surface area contributed by atoms with Gasteiger partial charge in [-0.25, -0.2) is 4.79 Å². The molecular formula is C25H22F6N2O3. The second-order valence-electron chi connectivity index (χ2n) is 7.41. The van der Waals surface area contributed by atoms with Gasteiger partial charge in [0.05, 0.1) is 11.6 Å². The molecule has 11 heteroatoms. The van der Waals surface area contributed by atoms with E-state index in [0.29, 0.717) is 11.4 Å². The summed E-state index contributed by atoms with van der Waals surface area (Å²) in [5, 5.41) is 10.1. The molecule has 3 aromatic carbocycles. The van der Waals surface area contributed by atoms with Crippen LogP contribution in [0.15, 0.2) is 84.9 Å². The Bertz CT molecular complexity index is 1100. The molecule has 3 rings (SSSR count). The van der Waals surface area contributed by atoms with E-state index >= 15 is 0 Å². The first-order valence-electron chi connectivity index (χ1n) is 10.4. The fourth-order valence-corrected chi connectivity index (χ4v) is 3.05. The minimum absolute atomic E-state index is 0.0694. The van der Waals surface area contributed by atoms with Crippen molar-refractivity contribution in [3.63, 3.8) is 0 Å². The summed E-state index contributed by atoms with van der Waals surface area (Å²) in [5.74, 6) is -3.01. The number of hydrogen-bond acceptors (Lipinski definition) is 3. The van der Waals surface area contributed by atoms with Gasteiger partial charge >= 0.3 is 18.3 Å². The molecule has 0 bridgehead atoms. The molecule has 192 valence electrons. The van der Waals surface area contributed by atoms with Gasteiger partial charge in [-0.3, -0.25) is 9.69 Å². The second-order valence-corrected chi connectivity index (χ2v) is 7.41. The number of halogens is 6. The Hall–Kier alpha value is -3.86. The van der Waals surface area contributed by atoms with Gasteiger partial charge in [0.1, 0.15) is 0 Å². The molecule has 0 saturated carbocycles. The zero-order chi connectivity index (χ0) is 26.9. The summed E-state index contributed by atoms with van der Waals surface area (Å²) in [6.45, 7) is 1.58. The van der Waals surface area contributed by atoms with Crippen molar-refractivity contribution >= 4 is 23.3 Å². The lowest BCUT2D eigenvalue weighted by atomic mass is 10.1. The predicted molar refractivity (Wildman–Crippen MR) is 121 cm³/mol. The van der Waals surface area contributed by atoms with Crippen molar-refractivity contribution in [2.24, 2.45) is 0 Å². The van der Waals surface area contributed by atoms with Crippen molar-refractivity contribution < 1.29 is 41.0 Å². The first-order valence-corrected chi connectivity index (χ1v) is 10.4. The van der Waals surface area contributed by atoms with Gasteiger partial charge in [0.2, 0.25) is 5.91 Å². The monoisotopic (exact) mass is 512 g/mol. The van der Waals surface area contributed by atoms with E-state index in [1.54, 1.807) is 17.9 Å². The number of anilines is 2. The number of rotatable bonds is 6. The van der Waals surface area contributed by atoms with Crippen LogP contribution in [0.3, 0.4) is 0 Å². The summed E-state index contributed by atoms with van der Waals surface area (Å²) in [5.41, 5.74) is 0.779. The molecule has 5 nitrogen and oxygen atoms in total. The normalized spacial score (nSPS) is 12.2. The summed E-state index contributed by atoms with van der Waals surface area (Å²) >= 11 is 0. The minimum atomic E-state index is -5.08. The van der Waals surface area contributed by atoms with Crippen molar-refractivity contribution in [3.8, 4) is 0 Å².